The van der Waals surface area contributed by atoms with E-state index in [1.807, 2.05) is 0 Å². The summed E-state index contributed by atoms with van der Waals surface area (Å²) >= 11 is 0. The van der Waals surface area contributed by atoms with Crippen molar-refractivity contribution >= 4 is 30.8 Å². The van der Waals surface area contributed by atoms with Gasteiger partial charge >= 0.3 is 13.8 Å². The third-order valence-corrected chi connectivity index (χ3v) is 4.83. The largest absolute Gasteiger partial charge is 0.529 e. The summed E-state index contributed by atoms with van der Waals surface area (Å²) in [7, 11) is -4.87. The quantitative estimate of drug-likeness (QED) is 0.323. The Balaban J connectivity index is 1.71. The van der Waals surface area contributed by atoms with E-state index in [0.717, 1.165) is 6.92 Å². The van der Waals surface area contributed by atoms with Crippen LogP contribution in [0.5, 0.6) is 0 Å². The molecule has 1 fully saturated rings. The Hall–Kier alpha value is -2.19. The number of aliphatic hydroxyl groups is 3. The van der Waals surface area contributed by atoms with Crippen molar-refractivity contribution in [3.63, 3.8) is 0 Å². The molecule has 0 spiro atoms. The second-order valence-electron chi connectivity index (χ2n) is 5.98. The first-order valence-electron chi connectivity index (χ1n) is 7.94. The van der Waals surface area contributed by atoms with Crippen LogP contribution in [-0.4, -0.2) is 76.7 Å². The molecular weight excluding hydrogens is 401 g/mol. The average Bonchev–Trinajstić information content (AvgIpc) is 3.16. The number of nitrogens with two attached hydrogens (primary N) is 1. The minimum absolute atomic E-state index is 0.109. The fraction of sp³-hybridized carbons (Fsp3) is 0.538. The van der Waals surface area contributed by atoms with Gasteiger partial charge in [-0.25, -0.2) is 24.3 Å². The minimum atomic E-state index is -4.87. The molecule has 1 unspecified atom stereocenters. The summed E-state index contributed by atoms with van der Waals surface area (Å²) < 4.78 is 27.3. The van der Waals surface area contributed by atoms with Crippen LogP contribution >= 0.6 is 7.82 Å². The van der Waals surface area contributed by atoms with E-state index in [0.29, 0.717) is 0 Å². The van der Waals surface area contributed by atoms with Crippen LogP contribution in [0.3, 0.4) is 0 Å². The van der Waals surface area contributed by atoms with Gasteiger partial charge in [0.1, 0.15) is 36.3 Å². The molecule has 0 bridgehead atoms. The van der Waals surface area contributed by atoms with Crippen molar-refractivity contribution in [2.75, 3.05) is 12.3 Å². The summed E-state index contributed by atoms with van der Waals surface area (Å²) in [6.45, 7) is 0.345. The normalized spacial score (nSPS) is 28.2. The Labute approximate surface area is 157 Å². The van der Waals surface area contributed by atoms with Gasteiger partial charge in [-0.2, -0.15) is 0 Å². The van der Waals surface area contributed by atoms with Crippen LogP contribution in [0.4, 0.5) is 5.82 Å². The zero-order chi connectivity index (χ0) is 20.6. The van der Waals surface area contributed by atoms with Crippen molar-refractivity contribution in [2.24, 2.45) is 0 Å². The number of hydrogen-bond acceptors (Lipinski definition) is 12. The molecule has 0 radical (unpaired) electrons. The number of anilines is 1. The van der Waals surface area contributed by atoms with E-state index >= 15 is 0 Å². The molecule has 3 rings (SSSR count). The minimum Gasteiger partial charge on any atom is -0.387 e. The van der Waals surface area contributed by atoms with Crippen molar-refractivity contribution in [1.29, 1.82) is 0 Å². The van der Waals surface area contributed by atoms with Crippen molar-refractivity contribution in [2.45, 2.75) is 37.6 Å². The standard InChI is InChI=1S/C13H18N5O9P/c1-5(19)13(22)27-28(23,24)25-2-6-8(20)9(21)12(26-6)18-4-17-7-10(14)15-3-16-11(7)18/h3-6,8-9,12,19-21H,2H2,1H3,(H,23,24)(H2,14,15,16)/t5-,6+,8+,9+,12+/m0/s1. The fourth-order valence-electron chi connectivity index (χ4n) is 2.54. The third kappa shape index (κ3) is 3.98. The van der Waals surface area contributed by atoms with Crippen LogP contribution < -0.4 is 5.73 Å². The first-order valence-corrected chi connectivity index (χ1v) is 9.43. The van der Waals surface area contributed by atoms with Gasteiger partial charge in [0.15, 0.2) is 17.7 Å². The highest BCUT2D eigenvalue weighted by Crippen LogP contribution is 2.45. The number of ether oxygens (including phenoxy) is 1. The van der Waals surface area contributed by atoms with E-state index in [4.69, 9.17) is 15.6 Å². The summed E-state index contributed by atoms with van der Waals surface area (Å²) in [4.78, 5) is 32.5. The molecule has 14 nitrogen and oxygen atoms in total. The lowest BCUT2D eigenvalue weighted by atomic mass is 10.1. The molecule has 0 aromatic carbocycles. The average molecular weight is 419 g/mol. The number of aliphatic hydroxyl groups excluding tert-OH is 3. The maximum Gasteiger partial charge on any atom is 0.529 e. The predicted octanol–water partition coefficient (Wildman–Crippen LogP) is -1.93. The number of nitrogen functional groups attached to an aromatic ring is 1. The Kier molecular flexibility index (Phi) is 5.63. The zero-order valence-electron chi connectivity index (χ0n) is 14.4. The van der Waals surface area contributed by atoms with Crippen LogP contribution in [0.15, 0.2) is 12.7 Å². The molecule has 0 amide bonds. The van der Waals surface area contributed by atoms with Gasteiger partial charge in [-0.05, 0) is 6.92 Å². The molecule has 28 heavy (non-hydrogen) atoms. The van der Waals surface area contributed by atoms with Gasteiger partial charge in [-0.15, -0.1) is 0 Å². The van der Waals surface area contributed by atoms with E-state index in [9.17, 15) is 24.5 Å². The van der Waals surface area contributed by atoms with Gasteiger partial charge in [-0.1, -0.05) is 0 Å². The topological polar surface area (TPSA) is 212 Å². The molecule has 2 aromatic rings. The number of carbonyl (C=O) groups is 1. The maximum atomic E-state index is 11.7. The Bertz CT molecular complexity index is 921. The number of fused-ring (bicyclic) bond motifs is 1. The van der Waals surface area contributed by atoms with E-state index in [2.05, 4.69) is 24.0 Å². The second kappa shape index (κ2) is 7.67. The number of imidazole rings is 1. The summed E-state index contributed by atoms with van der Waals surface area (Å²) in [6, 6.07) is 0. The number of phosphoric acid groups is 1. The number of carbonyl (C=O) groups excluding carboxylic acids is 1. The lowest BCUT2D eigenvalue weighted by Gasteiger charge is -2.17. The van der Waals surface area contributed by atoms with Crippen LogP contribution in [0, 0.1) is 0 Å². The molecule has 1 aliphatic heterocycles. The molecule has 6 N–H and O–H groups in total. The Morgan fingerprint density at radius 2 is 2.11 bits per heavy atom. The van der Waals surface area contributed by atoms with E-state index in [1.165, 1.54) is 17.2 Å². The Morgan fingerprint density at radius 1 is 1.39 bits per heavy atom. The van der Waals surface area contributed by atoms with E-state index in [1.54, 1.807) is 0 Å². The summed E-state index contributed by atoms with van der Waals surface area (Å²) in [5.74, 6) is -1.25. The monoisotopic (exact) mass is 419 g/mol. The lowest BCUT2D eigenvalue weighted by molar-refractivity contribution is -0.144. The number of aromatic nitrogens is 4. The smallest absolute Gasteiger partial charge is 0.387 e. The van der Waals surface area contributed by atoms with E-state index in [-0.39, 0.29) is 17.0 Å². The van der Waals surface area contributed by atoms with Gasteiger partial charge in [-0.3, -0.25) is 14.0 Å². The first-order chi connectivity index (χ1) is 13.1. The van der Waals surface area contributed by atoms with Crippen molar-refractivity contribution < 1.29 is 43.4 Å². The van der Waals surface area contributed by atoms with Gasteiger partial charge in [0, 0.05) is 0 Å². The maximum absolute atomic E-state index is 11.7. The second-order valence-corrected chi connectivity index (χ2v) is 7.36. The van der Waals surface area contributed by atoms with Gasteiger partial charge in [0.05, 0.1) is 12.9 Å². The van der Waals surface area contributed by atoms with Gasteiger partial charge in [0.2, 0.25) is 0 Å². The predicted molar refractivity (Wildman–Crippen MR) is 89.2 cm³/mol. The summed E-state index contributed by atoms with van der Waals surface area (Å²) in [5, 5.41) is 29.4. The van der Waals surface area contributed by atoms with Crippen LogP contribution in [0.25, 0.3) is 11.2 Å². The summed E-state index contributed by atoms with van der Waals surface area (Å²) in [6.07, 6.45) is -4.53. The molecule has 3 heterocycles. The molecule has 0 aliphatic carbocycles. The molecule has 2 aromatic heterocycles. The molecule has 1 saturated heterocycles. The van der Waals surface area contributed by atoms with Crippen LogP contribution in [-0.2, 0) is 23.1 Å². The first kappa shape index (κ1) is 20.5. The fourth-order valence-corrected chi connectivity index (χ4v) is 3.30. The van der Waals surface area contributed by atoms with Crippen LogP contribution in [0.1, 0.15) is 13.2 Å². The molecule has 6 atom stereocenters. The Morgan fingerprint density at radius 3 is 2.79 bits per heavy atom. The van der Waals surface area contributed by atoms with Gasteiger partial charge < -0.3 is 30.3 Å². The molecule has 15 heteroatoms. The highest BCUT2D eigenvalue weighted by Gasteiger charge is 2.45. The van der Waals surface area contributed by atoms with Gasteiger partial charge in [0.25, 0.3) is 0 Å². The summed E-state index contributed by atoms with van der Waals surface area (Å²) in [5.41, 5.74) is 6.20. The van der Waals surface area contributed by atoms with E-state index < -0.39 is 51.0 Å². The zero-order valence-corrected chi connectivity index (χ0v) is 15.3. The van der Waals surface area contributed by atoms with Crippen LogP contribution in [0.2, 0.25) is 0 Å². The molecule has 1 aliphatic rings. The highest BCUT2D eigenvalue weighted by molar-refractivity contribution is 7.48. The number of hydrogen-bond donors (Lipinski definition) is 5. The van der Waals surface area contributed by atoms with Crippen molar-refractivity contribution in [3.05, 3.63) is 12.7 Å². The SMILES string of the molecule is C[C@H](O)C(=O)OP(=O)(O)OC[C@H]1O[C@@H](n2cnc3c(N)ncnc32)[C@H](O)[C@@H]1O. The van der Waals surface area contributed by atoms with Crippen molar-refractivity contribution in [3.8, 4) is 0 Å². The lowest BCUT2D eigenvalue weighted by Crippen LogP contribution is -2.33. The third-order valence-electron chi connectivity index (χ3n) is 3.95. The molecular formula is C13H18N5O9P. The number of nitrogens with zero attached hydrogens (tertiary/aromatic N) is 4. The number of phosphoric ester groups is 1. The molecule has 154 valence electrons. The highest BCUT2D eigenvalue weighted by atomic mass is 31.2. The van der Waals surface area contributed by atoms with Crippen molar-refractivity contribution in [1.82, 2.24) is 19.5 Å². The molecule has 0 saturated carbocycles. The number of rotatable bonds is 6.